The number of rotatable bonds is 7. The summed E-state index contributed by atoms with van der Waals surface area (Å²) in [5, 5.41) is 17.0. The van der Waals surface area contributed by atoms with E-state index in [1.807, 2.05) is 18.0 Å². The Hall–Kier alpha value is -3.24. The lowest BCUT2D eigenvalue weighted by molar-refractivity contribution is -0.116. The minimum absolute atomic E-state index is 0.00385. The number of hydrogen-bond acceptors (Lipinski definition) is 6. The maximum absolute atomic E-state index is 13.6. The molecular weight excluding hydrogens is 472 g/mol. The maximum atomic E-state index is 13.6. The molecule has 5 rings (SSSR count). The zero-order chi connectivity index (χ0) is 26.2. The summed E-state index contributed by atoms with van der Waals surface area (Å²) in [4.78, 5) is 35.9. The van der Waals surface area contributed by atoms with Crippen LogP contribution in [0.4, 0.5) is 0 Å². The molecule has 2 aliphatic rings. The molecule has 4 heterocycles. The SMILES string of the molecule is CC(C)Cc1cc(C(=O)N2CC[C@H]3OCCC[C@@]3(CNC(=O)c3ccc4nc(CO)[nH]c4c3)C2)n(C)n1. The third-order valence-corrected chi connectivity index (χ3v) is 7.59. The number of fused-ring (bicyclic) bond motifs is 2. The second kappa shape index (κ2) is 10.3. The molecule has 3 N–H and O–H groups in total. The average molecular weight is 509 g/mol. The van der Waals surface area contributed by atoms with Crippen LogP contribution in [0, 0.1) is 11.3 Å². The fourth-order valence-corrected chi connectivity index (χ4v) is 5.77. The number of aliphatic hydroxyl groups is 1. The number of amides is 2. The van der Waals surface area contributed by atoms with Crippen LogP contribution in [-0.4, -0.2) is 73.9 Å². The van der Waals surface area contributed by atoms with Crippen molar-refractivity contribution >= 4 is 22.8 Å². The number of ether oxygens (including phenoxy) is 1. The summed E-state index contributed by atoms with van der Waals surface area (Å²) >= 11 is 0. The van der Waals surface area contributed by atoms with E-state index in [2.05, 4.69) is 34.2 Å². The molecule has 3 aromatic rings. The van der Waals surface area contributed by atoms with Crippen molar-refractivity contribution in [3.05, 3.63) is 47.0 Å². The van der Waals surface area contributed by atoms with Crippen LogP contribution in [0.3, 0.4) is 0 Å². The first kappa shape index (κ1) is 25.4. The highest BCUT2D eigenvalue weighted by Gasteiger charge is 2.47. The first-order valence-electron chi connectivity index (χ1n) is 13.1. The van der Waals surface area contributed by atoms with Gasteiger partial charge in [0.2, 0.25) is 0 Å². The normalized spacial score (nSPS) is 21.9. The van der Waals surface area contributed by atoms with Gasteiger partial charge >= 0.3 is 0 Å². The molecule has 0 unspecified atom stereocenters. The summed E-state index contributed by atoms with van der Waals surface area (Å²) in [6.07, 6.45) is 3.34. The largest absolute Gasteiger partial charge is 0.388 e. The van der Waals surface area contributed by atoms with Crippen molar-refractivity contribution in [2.45, 2.75) is 52.2 Å². The van der Waals surface area contributed by atoms with Crippen LogP contribution in [0.2, 0.25) is 0 Å². The number of aromatic amines is 1. The second-order valence-corrected chi connectivity index (χ2v) is 10.8. The van der Waals surface area contributed by atoms with E-state index in [9.17, 15) is 14.7 Å². The third kappa shape index (κ3) is 5.13. The minimum Gasteiger partial charge on any atom is -0.388 e. The first-order chi connectivity index (χ1) is 17.8. The van der Waals surface area contributed by atoms with Gasteiger partial charge in [-0.05, 0) is 55.9 Å². The fourth-order valence-electron chi connectivity index (χ4n) is 5.77. The molecule has 2 atom stereocenters. The van der Waals surface area contributed by atoms with Gasteiger partial charge in [0.05, 0.1) is 22.8 Å². The predicted molar refractivity (Wildman–Crippen MR) is 138 cm³/mol. The lowest BCUT2D eigenvalue weighted by Crippen LogP contribution is -2.60. The maximum Gasteiger partial charge on any atom is 0.272 e. The Morgan fingerprint density at radius 2 is 2.16 bits per heavy atom. The van der Waals surface area contributed by atoms with E-state index in [0.29, 0.717) is 60.3 Å². The number of aliphatic hydroxyl groups excluding tert-OH is 1. The van der Waals surface area contributed by atoms with Crippen molar-refractivity contribution in [2.75, 3.05) is 26.2 Å². The monoisotopic (exact) mass is 508 g/mol. The van der Waals surface area contributed by atoms with Crippen molar-refractivity contribution in [1.82, 2.24) is 30.0 Å². The topological polar surface area (TPSA) is 125 Å². The van der Waals surface area contributed by atoms with Crippen molar-refractivity contribution in [2.24, 2.45) is 18.4 Å². The van der Waals surface area contributed by atoms with Crippen molar-refractivity contribution in [1.29, 1.82) is 0 Å². The number of carbonyl (C=O) groups is 2. The third-order valence-electron chi connectivity index (χ3n) is 7.59. The van der Waals surface area contributed by atoms with Gasteiger partial charge in [-0.3, -0.25) is 14.3 Å². The van der Waals surface area contributed by atoms with E-state index >= 15 is 0 Å². The molecule has 10 heteroatoms. The predicted octanol–water partition coefficient (Wildman–Crippen LogP) is 2.43. The van der Waals surface area contributed by atoms with Gasteiger partial charge in [0.1, 0.15) is 18.1 Å². The van der Waals surface area contributed by atoms with Crippen molar-refractivity contribution in [3.63, 3.8) is 0 Å². The minimum atomic E-state index is -0.344. The average Bonchev–Trinajstić information content (AvgIpc) is 3.48. The molecule has 0 spiro atoms. The van der Waals surface area contributed by atoms with Gasteiger partial charge in [0.15, 0.2) is 0 Å². The molecule has 37 heavy (non-hydrogen) atoms. The Kier molecular flexibility index (Phi) is 7.04. The molecule has 2 amide bonds. The van der Waals surface area contributed by atoms with Crippen LogP contribution in [0.15, 0.2) is 24.3 Å². The van der Waals surface area contributed by atoms with Crippen LogP contribution < -0.4 is 5.32 Å². The number of hydrogen-bond donors (Lipinski definition) is 3. The van der Waals surface area contributed by atoms with Crippen LogP contribution >= 0.6 is 0 Å². The van der Waals surface area contributed by atoms with Gasteiger partial charge in [0, 0.05) is 44.3 Å². The van der Waals surface area contributed by atoms with Crippen molar-refractivity contribution in [3.8, 4) is 0 Å². The summed E-state index contributed by atoms with van der Waals surface area (Å²) in [7, 11) is 1.82. The smallest absolute Gasteiger partial charge is 0.272 e. The van der Waals surface area contributed by atoms with Crippen LogP contribution in [0.25, 0.3) is 11.0 Å². The molecule has 2 saturated heterocycles. The fraction of sp³-hybridized carbons (Fsp3) is 0.556. The highest BCUT2D eigenvalue weighted by atomic mass is 16.5. The summed E-state index contributed by atoms with van der Waals surface area (Å²) < 4.78 is 7.84. The van der Waals surface area contributed by atoms with E-state index in [4.69, 9.17) is 4.74 Å². The summed E-state index contributed by atoms with van der Waals surface area (Å²) in [5.41, 5.74) is 3.11. The molecular formula is C27H36N6O4. The highest BCUT2D eigenvalue weighted by molar-refractivity contribution is 5.97. The number of benzene rings is 1. The number of H-pyrrole nitrogens is 1. The van der Waals surface area contributed by atoms with Gasteiger partial charge in [-0.15, -0.1) is 0 Å². The molecule has 198 valence electrons. The Morgan fingerprint density at radius 3 is 2.95 bits per heavy atom. The lowest BCUT2D eigenvalue weighted by atomic mass is 9.72. The van der Waals surface area contributed by atoms with E-state index in [0.717, 1.165) is 31.4 Å². The first-order valence-corrected chi connectivity index (χ1v) is 13.1. The number of aromatic nitrogens is 4. The van der Waals surface area contributed by atoms with Crippen LogP contribution in [0.5, 0.6) is 0 Å². The Morgan fingerprint density at radius 1 is 1.32 bits per heavy atom. The Labute approximate surface area is 216 Å². The van der Waals surface area contributed by atoms with Gasteiger partial charge in [-0.25, -0.2) is 4.98 Å². The molecule has 10 nitrogen and oxygen atoms in total. The van der Waals surface area contributed by atoms with E-state index in [1.165, 1.54) is 0 Å². The molecule has 2 aliphatic heterocycles. The molecule has 2 aromatic heterocycles. The summed E-state index contributed by atoms with van der Waals surface area (Å²) in [6, 6.07) is 7.17. The molecule has 2 fully saturated rings. The molecule has 1 aromatic carbocycles. The van der Waals surface area contributed by atoms with Gasteiger partial charge < -0.3 is 25.0 Å². The summed E-state index contributed by atoms with van der Waals surface area (Å²) in [6.45, 7) is 6.37. The molecule has 0 aliphatic carbocycles. The lowest BCUT2D eigenvalue weighted by Gasteiger charge is -2.50. The molecule has 0 radical (unpaired) electrons. The summed E-state index contributed by atoms with van der Waals surface area (Å²) in [5.74, 6) is 0.717. The number of aryl methyl sites for hydroxylation is 1. The second-order valence-electron chi connectivity index (χ2n) is 10.8. The van der Waals surface area contributed by atoms with E-state index < -0.39 is 0 Å². The van der Waals surface area contributed by atoms with Crippen LogP contribution in [0.1, 0.15) is 65.5 Å². The molecule has 0 bridgehead atoms. The quantitative estimate of drug-likeness (QED) is 0.450. The van der Waals surface area contributed by atoms with Gasteiger partial charge in [0.25, 0.3) is 11.8 Å². The zero-order valence-electron chi connectivity index (χ0n) is 21.8. The Balaban J connectivity index is 1.31. The number of piperidine rings is 1. The van der Waals surface area contributed by atoms with E-state index in [1.54, 1.807) is 22.9 Å². The van der Waals surface area contributed by atoms with Gasteiger partial charge in [-0.2, -0.15) is 5.10 Å². The molecule has 0 saturated carbocycles. The number of likely N-dealkylation sites (tertiary alicyclic amines) is 1. The number of carbonyl (C=O) groups excluding carboxylic acids is 2. The van der Waals surface area contributed by atoms with Crippen LogP contribution in [-0.2, 0) is 24.8 Å². The van der Waals surface area contributed by atoms with Gasteiger partial charge in [-0.1, -0.05) is 13.8 Å². The Bertz CT molecular complexity index is 1300. The number of nitrogens with zero attached hydrogens (tertiary/aromatic N) is 4. The highest BCUT2D eigenvalue weighted by Crippen LogP contribution is 2.40. The van der Waals surface area contributed by atoms with E-state index in [-0.39, 0.29) is 29.9 Å². The number of imidazole rings is 1. The van der Waals surface area contributed by atoms with Crippen molar-refractivity contribution < 1.29 is 19.4 Å². The zero-order valence-corrected chi connectivity index (χ0v) is 21.8. The standard InChI is InChI=1S/C27H36N6O4/c1-17(2)11-19-13-22(32(3)31-19)26(36)33-9-7-23-27(16-33,8-4-10-37-23)15-28-25(35)18-5-6-20-21(12-18)30-24(14-34)29-20/h5-6,12-13,17,23,34H,4,7-11,14-16H2,1-3H3,(H,28,35)(H,29,30)/t23-,27-/m1/s1. The number of nitrogens with one attached hydrogen (secondary N) is 2.